The van der Waals surface area contributed by atoms with Gasteiger partial charge in [-0.15, -0.1) is 0 Å². The number of hydrogen-bond acceptors (Lipinski definition) is 2. The predicted molar refractivity (Wildman–Crippen MR) is 223 cm³/mol. The summed E-state index contributed by atoms with van der Waals surface area (Å²) in [5.74, 6) is 0.811. The maximum atomic E-state index is 5.64. The molecule has 0 fully saturated rings. The molecule has 0 aliphatic heterocycles. The average molecular weight is 674 g/mol. The lowest BCUT2D eigenvalue weighted by Crippen LogP contribution is -2.04. The van der Waals surface area contributed by atoms with Crippen molar-refractivity contribution in [2.24, 2.45) is 0 Å². The minimum absolute atomic E-state index is 0.811. The molecule has 53 heavy (non-hydrogen) atoms. The van der Waals surface area contributed by atoms with Crippen LogP contribution < -0.4 is 0 Å². The molecule has 0 aliphatic rings. The van der Waals surface area contributed by atoms with Crippen LogP contribution in [-0.2, 0) is 0 Å². The molecule has 0 N–H and O–H groups in total. The SMILES string of the molecule is c1ccc(-c2cc3nc(-c4ccc5ccccc5c4)c(-n4c5ccccc5c5cc6ccccc6cc54)nc3cc2-c2ccc3ccccc3c2)cc1. The Balaban J connectivity index is 1.26. The van der Waals surface area contributed by atoms with E-state index in [9.17, 15) is 0 Å². The molecule has 0 unspecified atom stereocenters. The Kier molecular flexibility index (Phi) is 6.55. The Labute approximate surface area is 306 Å². The van der Waals surface area contributed by atoms with Crippen molar-refractivity contribution in [1.29, 1.82) is 0 Å². The quantitative estimate of drug-likeness (QED) is 0.186. The van der Waals surface area contributed by atoms with Crippen LogP contribution in [0.3, 0.4) is 0 Å². The molecule has 0 saturated heterocycles. The molecule has 11 aromatic rings. The normalized spacial score (nSPS) is 11.8. The molecule has 11 rings (SSSR count). The molecule has 0 saturated carbocycles. The molecule has 2 aromatic heterocycles. The number of hydrogen-bond donors (Lipinski definition) is 0. The van der Waals surface area contributed by atoms with Crippen molar-refractivity contribution in [1.82, 2.24) is 14.5 Å². The van der Waals surface area contributed by atoms with E-state index in [1.165, 1.54) is 43.1 Å². The van der Waals surface area contributed by atoms with E-state index in [1.54, 1.807) is 0 Å². The molecule has 0 amide bonds. The third kappa shape index (κ3) is 4.82. The molecule has 0 spiro atoms. The predicted octanol–water partition coefficient (Wildman–Crippen LogP) is 13.2. The van der Waals surface area contributed by atoms with Crippen LogP contribution in [0.15, 0.2) is 188 Å². The first-order chi connectivity index (χ1) is 26.2. The van der Waals surface area contributed by atoms with Gasteiger partial charge in [0.2, 0.25) is 0 Å². The molecule has 0 aliphatic carbocycles. The highest BCUT2D eigenvalue weighted by molar-refractivity contribution is 6.14. The topological polar surface area (TPSA) is 30.7 Å². The summed E-state index contributed by atoms with van der Waals surface area (Å²) < 4.78 is 2.33. The Morgan fingerprint density at radius 1 is 0.321 bits per heavy atom. The van der Waals surface area contributed by atoms with E-state index >= 15 is 0 Å². The van der Waals surface area contributed by atoms with Gasteiger partial charge in [0.05, 0.1) is 22.1 Å². The van der Waals surface area contributed by atoms with E-state index in [4.69, 9.17) is 9.97 Å². The molecule has 2 heterocycles. The molecule has 3 heteroatoms. The van der Waals surface area contributed by atoms with Crippen LogP contribution in [0.2, 0.25) is 0 Å². The molecule has 0 atom stereocenters. The number of benzene rings is 9. The van der Waals surface area contributed by atoms with Gasteiger partial charge >= 0.3 is 0 Å². The van der Waals surface area contributed by atoms with Gasteiger partial charge in [0.15, 0.2) is 5.82 Å². The van der Waals surface area contributed by atoms with Crippen molar-refractivity contribution in [3.63, 3.8) is 0 Å². The maximum Gasteiger partial charge on any atom is 0.165 e. The first-order valence-electron chi connectivity index (χ1n) is 18.1. The Hall–Kier alpha value is -7.10. The van der Waals surface area contributed by atoms with Gasteiger partial charge in [-0.05, 0) is 97.0 Å². The van der Waals surface area contributed by atoms with Crippen molar-refractivity contribution in [3.8, 4) is 39.3 Å². The standard InChI is InChI=1S/C50H31N3/c1-2-14-34(15-3-1)42-30-45-46(31-43(42)39-24-22-32-12-4-6-16-35(32)26-39)52-50(49(51-45)40-25-23-33-13-5-7-17-36(33)27-40)53-47-21-11-10-20-41(47)44-28-37-18-8-9-19-38(37)29-48(44)53/h1-31H. The second-order valence-electron chi connectivity index (χ2n) is 13.8. The Bertz CT molecular complexity index is 3230. The molecule has 0 radical (unpaired) electrons. The highest BCUT2D eigenvalue weighted by Crippen LogP contribution is 2.41. The lowest BCUT2D eigenvalue weighted by molar-refractivity contribution is 1.08. The summed E-state index contributed by atoms with van der Waals surface area (Å²) in [7, 11) is 0. The summed E-state index contributed by atoms with van der Waals surface area (Å²) in [6.07, 6.45) is 0. The van der Waals surface area contributed by atoms with E-state index in [-0.39, 0.29) is 0 Å². The van der Waals surface area contributed by atoms with Crippen LogP contribution in [0, 0.1) is 0 Å². The zero-order valence-corrected chi connectivity index (χ0v) is 28.7. The van der Waals surface area contributed by atoms with Crippen LogP contribution in [0.1, 0.15) is 0 Å². The lowest BCUT2D eigenvalue weighted by atomic mass is 9.92. The van der Waals surface area contributed by atoms with Crippen LogP contribution in [0.4, 0.5) is 0 Å². The van der Waals surface area contributed by atoms with Gasteiger partial charge in [-0.2, -0.15) is 0 Å². The first-order valence-corrected chi connectivity index (χ1v) is 18.1. The van der Waals surface area contributed by atoms with Gasteiger partial charge in [-0.3, -0.25) is 4.57 Å². The van der Waals surface area contributed by atoms with Crippen molar-refractivity contribution < 1.29 is 0 Å². The zero-order valence-electron chi connectivity index (χ0n) is 28.7. The van der Waals surface area contributed by atoms with Gasteiger partial charge in [0, 0.05) is 16.3 Å². The van der Waals surface area contributed by atoms with Gasteiger partial charge < -0.3 is 0 Å². The first kappa shape index (κ1) is 29.6. The van der Waals surface area contributed by atoms with Crippen LogP contribution in [-0.4, -0.2) is 14.5 Å². The molecule has 3 nitrogen and oxygen atoms in total. The Morgan fingerprint density at radius 2 is 0.849 bits per heavy atom. The van der Waals surface area contributed by atoms with E-state index < -0.39 is 0 Å². The summed E-state index contributed by atoms with van der Waals surface area (Å²) in [4.78, 5) is 11.2. The number of nitrogens with zero attached hydrogens (tertiary/aromatic N) is 3. The highest BCUT2D eigenvalue weighted by Gasteiger charge is 2.21. The van der Waals surface area contributed by atoms with E-state index in [1.807, 2.05) is 0 Å². The van der Waals surface area contributed by atoms with Crippen molar-refractivity contribution in [2.75, 3.05) is 0 Å². The summed E-state index contributed by atoms with van der Waals surface area (Å²) >= 11 is 0. The maximum absolute atomic E-state index is 5.64. The summed E-state index contributed by atoms with van der Waals surface area (Å²) in [5.41, 5.74) is 10.3. The van der Waals surface area contributed by atoms with Crippen molar-refractivity contribution in [3.05, 3.63) is 188 Å². The fourth-order valence-corrected chi connectivity index (χ4v) is 8.12. The minimum atomic E-state index is 0.811. The average Bonchev–Trinajstić information content (AvgIpc) is 3.54. The Morgan fingerprint density at radius 3 is 1.57 bits per heavy atom. The molecular weight excluding hydrogens is 643 g/mol. The molecule has 9 aromatic carbocycles. The number of aromatic nitrogens is 3. The second kappa shape index (κ2) is 11.7. The summed E-state index contributed by atoms with van der Waals surface area (Å²) in [5, 5.41) is 9.59. The fraction of sp³-hybridized carbons (Fsp3) is 0. The van der Waals surface area contributed by atoms with Gasteiger partial charge in [-0.25, -0.2) is 9.97 Å². The summed E-state index contributed by atoms with van der Waals surface area (Å²) in [6, 6.07) is 67.4. The molecule has 246 valence electrons. The van der Waals surface area contributed by atoms with Crippen molar-refractivity contribution in [2.45, 2.75) is 0 Å². The monoisotopic (exact) mass is 673 g/mol. The third-order valence-electron chi connectivity index (χ3n) is 10.7. The van der Waals surface area contributed by atoms with E-state index in [2.05, 4.69) is 193 Å². The van der Waals surface area contributed by atoms with Crippen LogP contribution >= 0.6 is 0 Å². The number of fused-ring (bicyclic) bond motifs is 7. The lowest BCUT2D eigenvalue weighted by Gasteiger charge is -2.17. The molecule has 0 bridgehead atoms. The largest absolute Gasteiger partial charge is 0.292 e. The zero-order chi connectivity index (χ0) is 34.9. The second-order valence-corrected chi connectivity index (χ2v) is 13.8. The smallest absolute Gasteiger partial charge is 0.165 e. The van der Waals surface area contributed by atoms with Gasteiger partial charge in [0.1, 0.15) is 5.69 Å². The van der Waals surface area contributed by atoms with E-state index in [0.717, 1.165) is 61.4 Å². The van der Waals surface area contributed by atoms with E-state index in [0.29, 0.717) is 0 Å². The number of para-hydroxylation sites is 1. The fourth-order valence-electron chi connectivity index (χ4n) is 8.12. The van der Waals surface area contributed by atoms with Gasteiger partial charge in [-0.1, -0.05) is 146 Å². The third-order valence-corrected chi connectivity index (χ3v) is 10.7. The van der Waals surface area contributed by atoms with Crippen LogP contribution in [0.25, 0.3) is 104 Å². The van der Waals surface area contributed by atoms with Crippen LogP contribution in [0.5, 0.6) is 0 Å². The summed E-state index contributed by atoms with van der Waals surface area (Å²) in [6.45, 7) is 0. The number of rotatable bonds is 4. The van der Waals surface area contributed by atoms with Gasteiger partial charge in [0.25, 0.3) is 0 Å². The highest BCUT2D eigenvalue weighted by atomic mass is 15.1. The molecular formula is C50H31N3. The van der Waals surface area contributed by atoms with Crippen molar-refractivity contribution >= 4 is 65.2 Å². The minimum Gasteiger partial charge on any atom is -0.292 e.